The summed E-state index contributed by atoms with van der Waals surface area (Å²) < 4.78 is 0. The lowest BCUT2D eigenvalue weighted by molar-refractivity contribution is 1.22. The molecule has 0 atom stereocenters. The lowest BCUT2D eigenvalue weighted by Gasteiger charge is -2.07. The van der Waals surface area contributed by atoms with Crippen LogP contribution in [0.2, 0.25) is 0 Å². The Kier molecular flexibility index (Phi) is 3.13. The van der Waals surface area contributed by atoms with E-state index < -0.39 is 0 Å². The van der Waals surface area contributed by atoms with Gasteiger partial charge in [0.1, 0.15) is 6.33 Å². The number of hydrogen-bond donors (Lipinski definition) is 0. The molecule has 0 aliphatic carbocycles. The molecule has 3 aromatic carbocycles. The summed E-state index contributed by atoms with van der Waals surface area (Å²) in [7, 11) is 0. The minimum absolute atomic E-state index is 0.970. The molecule has 2 heteroatoms. The van der Waals surface area contributed by atoms with Crippen molar-refractivity contribution in [1.29, 1.82) is 0 Å². The molecule has 0 saturated heterocycles. The van der Waals surface area contributed by atoms with Crippen molar-refractivity contribution in [1.82, 2.24) is 9.97 Å². The highest BCUT2D eigenvalue weighted by molar-refractivity contribution is 5.92. The summed E-state index contributed by atoms with van der Waals surface area (Å²) in [6.45, 7) is 0. The highest BCUT2D eigenvalue weighted by Gasteiger charge is 2.07. The van der Waals surface area contributed by atoms with Crippen LogP contribution >= 0.6 is 0 Å². The van der Waals surface area contributed by atoms with E-state index in [1.165, 1.54) is 11.1 Å². The maximum Gasteiger partial charge on any atom is 0.116 e. The van der Waals surface area contributed by atoms with E-state index in [1.54, 1.807) is 6.33 Å². The van der Waals surface area contributed by atoms with Gasteiger partial charge in [-0.1, -0.05) is 66.7 Å². The molecule has 1 heterocycles. The largest absolute Gasteiger partial charge is 0.236 e. The van der Waals surface area contributed by atoms with Crippen LogP contribution in [0.1, 0.15) is 0 Å². The van der Waals surface area contributed by atoms with Crippen LogP contribution in [-0.4, -0.2) is 9.97 Å². The number of aromatic nitrogens is 2. The Bertz CT molecular complexity index is 925. The predicted molar refractivity (Wildman–Crippen MR) is 90.4 cm³/mol. The van der Waals surface area contributed by atoms with Crippen LogP contribution in [0.3, 0.4) is 0 Å². The van der Waals surface area contributed by atoms with E-state index >= 15 is 0 Å². The summed E-state index contributed by atoms with van der Waals surface area (Å²) >= 11 is 0. The molecule has 0 radical (unpaired) electrons. The molecule has 1 aromatic heterocycles. The van der Waals surface area contributed by atoms with Gasteiger partial charge in [0.05, 0.1) is 11.2 Å². The Hall–Kier alpha value is -3.00. The monoisotopic (exact) mass is 282 g/mol. The van der Waals surface area contributed by atoms with Crippen molar-refractivity contribution >= 4 is 10.9 Å². The number of rotatable bonds is 2. The van der Waals surface area contributed by atoms with Crippen LogP contribution in [-0.2, 0) is 0 Å². The molecule has 22 heavy (non-hydrogen) atoms. The maximum absolute atomic E-state index is 4.50. The van der Waals surface area contributed by atoms with Gasteiger partial charge < -0.3 is 0 Å². The van der Waals surface area contributed by atoms with Crippen molar-refractivity contribution in [3.63, 3.8) is 0 Å². The molecule has 2 nitrogen and oxygen atoms in total. The zero-order chi connectivity index (χ0) is 14.8. The molecular weight excluding hydrogens is 268 g/mol. The van der Waals surface area contributed by atoms with Crippen molar-refractivity contribution in [2.45, 2.75) is 0 Å². The molecule has 0 spiro atoms. The molecule has 0 N–H and O–H groups in total. The summed E-state index contributed by atoms with van der Waals surface area (Å²) in [6.07, 6.45) is 1.63. The number of hydrogen-bond acceptors (Lipinski definition) is 2. The third kappa shape index (κ3) is 2.25. The maximum atomic E-state index is 4.50. The van der Waals surface area contributed by atoms with E-state index in [1.807, 2.05) is 24.3 Å². The number of benzene rings is 3. The molecule has 0 aliphatic heterocycles. The summed E-state index contributed by atoms with van der Waals surface area (Å²) in [4.78, 5) is 8.84. The first kappa shape index (κ1) is 12.7. The Morgan fingerprint density at radius 3 is 2.18 bits per heavy atom. The van der Waals surface area contributed by atoms with E-state index in [9.17, 15) is 0 Å². The minimum Gasteiger partial charge on any atom is -0.236 e. The second-order valence-corrected chi connectivity index (χ2v) is 5.19. The molecule has 0 fully saturated rings. The van der Waals surface area contributed by atoms with Crippen molar-refractivity contribution in [2.75, 3.05) is 0 Å². The Morgan fingerprint density at radius 2 is 1.27 bits per heavy atom. The van der Waals surface area contributed by atoms with Crippen molar-refractivity contribution in [3.8, 4) is 22.4 Å². The second-order valence-electron chi connectivity index (χ2n) is 5.19. The summed E-state index contributed by atoms with van der Waals surface area (Å²) in [6, 6.07) is 27.0. The number of fused-ring (bicyclic) bond motifs is 1. The smallest absolute Gasteiger partial charge is 0.116 e. The fraction of sp³-hybridized carbons (Fsp3) is 0. The summed E-state index contributed by atoms with van der Waals surface area (Å²) in [5.41, 5.74) is 5.46. The highest BCUT2D eigenvalue weighted by Crippen LogP contribution is 2.28. The van der Waals surface area contributed by atoms with Gasteiger partial charge in [-0.3, -0.25) is 0 Å². The fourth-order valence-electron chi connectivity index (χ4n) is 2.71. The molecule has 0 saturated carbocycles. The number of nitrogens with zero attached hydrogens (tertiary/aromatic N) is 2. The van der Waals surface area contributed by atoms with Crippen LogP contribution in [0.5, 0.6) is 0 Å². The quantitative estimate of drug-likeness (QED) is 0.519. The second kappa shape index (κ2) is 5.41. The third-order valence-electron chi connectivity index (χ3n) is 3.79. The van der Waals surface area contributed by atoms with Crippen LogP contribution in [0.4, 0.5) is 0 Å². The minimum atomic E-state index is 0.970. The summed E-state index contributed by atoms with van der Waals surface area (Å²) in [5.74, 6) is 0. The van der Waals surface area contributed by atoms with Gasteiger partial charge in [-0.15, -0.1) is 0 Å². The van der Waals surface area contributed by atoms with Crippen molar-refractivity contribution in [3.05, 3.63) is 85.2 Å². The average molecular weight is 282 g/mol. The molecule has 0 aliphatic rings. The topological polar surface area (TPSA) is 25.8 Å². The van der Waals surface area contributed by atoms with E-state index in [-0.39, 0.29) is 0 Å². The van der Waals surface area contributed by atoms with Crippen LogP contribution < -0.4 is 0 Å². The van der Waals surface area contributed by atoms with Gasteiger partial charge in [0.2, 0.25) is 0 Å². The Balaban J connectivity index is 1.89. The molecule has 4 rings (SSSR count). The van der Waals surface area contributed by atoms with E-state index in [0.717, 1.165) is 22.2 Å². The standard InChI is InChI=1S/C20H14N2/c1-2-7-15(8-3-1)16-9-6-10-17(13-16)20-18-11-4-5-12-19(18)21-14-22-20/h1-14H. The van der Waals surface area contributed by atoms with E-state index in [4.69, 9.17) is 0 Å². The third-order valence-corrected chi connectivity index (χ3v) is 3.79. The van der Waals surface area contributed by atoms with Gasteiger partial charge in [-0.2, -0.15) is 0 Å². The van der Waals surface area contributed by atoms with Crippen LogP contribution in [0, 0.1) is 0 Å². The zero-order valence-electron chi connectivity index (χ0n) is 12.0. The van der Waals surface area contributed by atoms with Crippen LogP contribution in [0.15, 0.2) is 85.2 Å². The Labute approximate surface area is 129 Å². The molecule has 0 unspecified atom stereocenters. The van der Waals surface area contributed by atoms with Crippen molar-refractivity contribution < 1.29 is 0 Å². The predicted octanol–water partition coefficient (Wildman–Crippen LogP) is 4.96. The van der Waals surface area contributed by atoms with Gasteiger partial charge in [0.15, 0.2) is 0 Å². The SMILES string of the molecule is c1ccc(-c2cccc(-c3ncnc4ccccc34)c2)cc1. The lowest BCUT2D eigenvalue weighted by Crippen LogP contribution is -1.89. The molecule has 0 amide bonds. The van der Waals surface area contributed by atoms with Gasteiger partial charge in [-0.05, 0) is 23.3 Å². The van der Waals surface area contributed by atoms with Gasteiger partial charge in [0, 0.05) is 10.9 Å². The van der Waals surface area contributed by atoms with Crippen LogP contribution in [0.25, 0.3) is 33.3 Å². The fourth-order valence-corrected chi connectivity index (χ4v) is 2.71. The lowest BCUT2D eigenvalue weighted by atomic mass is 10.00. The first-order valence-electron chi connectivity index (χ1n) is 7.27. The molecule has 0 bridgehead atoms. The highest BCUT2D eigenvalue weighted by atomic mass is 14.8. The summed E-state index contributed by atoms with van der Waals surface area (Å²) in [5, 5.41) is 1.08. The van der Waals surface area contributed by atoms with E-state index in [0.29, 0.717) is 0 Å². The molecule has 4 aromatic rings. The first-order chi connectivity index (χ1) is 10.9. The number of para-hydroxylation sites is 1. The van der Waals surface area contributed by atoms with E-state index in [2.05, 4.69) is 64.6 Å². The van der Waals surface area contributed by atoms with Gasteiger partial charge in [0.25, 0.3) is 0 Å². The zero-order valence-corrected chi connectivity index (χ0v) is 12.0. The Morgan fingerprint density at radius 1 is 0.545 bits per heavy atom. The average Bonchev–Trinajstić information content (AvgIpc) is 2.62. The van der Waals surface area contributed by atoms with Gasteiger partial charge >= 0.3 is 0 Å². The van der Waals surface area contributed by atoms with Crippen molar-refractivity contribution in [2.24, 2.45) is 0 Å². The molecular formula is C20H14N2. The normalized spacial score (nSPS) is 10.7. The van der Waals surface area contributed by atoms with Gasteiger partial charge in [-0.25, -0.2) is 9.97 Å². The first-order valence-corrected chi connectivity index (χ1v) is 7.27. The molecule has 104 valence electrons.